The Morgan fingerprint density at radius 2 is 1.58 bits per heavy atom. The second kappa shape index (κ2) is 11.0. The van der Waals surface area contributed by atoms with E-state index in [1.807, 2.05) is 68.4 Å². The maximum absolute atomic E-state index is 13.2. The van der Waals surface area contributed by atoms with E-state index >= 15 is 0 Å². The summed E-state index contributed by atoms with van der Waals surface area (Å²) >= 11 is 0. The molecule has 2 amide bonds. The van der Waals surface area contributed by atoms with E-state index < -0.39 is 6.04 Å². The number of nitrogens with one attached hydrogen (secondary N) is 1. The molecule has 0 radical (unpaired) electrons. The maximum atomic E-state index is 13.2. The van der Waals surface area contributed by atoms with Gasteiger partial charge in [0.05, 0.1) is 0 Å². The van der Waals surface area contributed by atoms with Crippen molar-refractivity contribution in [3.05, 3.63) is 65.7 Å². The highest BCUT2D eigenvalue weighted by molar-refractivity contribution is 5.88. The van der Waals surface area contributed by atoms with Gasteiger partial charge in [0.15, 0.2) is 6.61 Å². The summed E-state index contributed by atoms with van der Waals surface area (Å²) in [6, 6.07) is 17.2. The van der Waals surface area contributed by atoms with E-state index in [4.69, 9.17) is 4.74 Å². The van der Waals surface area contributed by atoms with E-state index in [-0.39, 0.29) is 29.9 Å². The zero-order valence-corrected chi connectivity index (χ0v) is 19.6. The van der Waals surface area contributed by atoms with Crippen LogP contribution in [0.4, 0.5) is 0 Å². The molecule has 0 bridgehead atoms. The van der Waals surface area contributed by atoms with E-state index in [0.717, 1.165) is 11.1 Å². The second-order valence-corrected chi connectivity index (χ2v) is 9.20. The van der Waals surface area contributed by atoms with Gasteiger partial charge in [-0.25, -0.2) is 0 Å². The van der Waals surface area contributed by atoms with Crippen molar-refractivity contribution in [2.75, 3.05) is 13.2 Å². The minimum atomic E-state index is -0.583. The first-order valence-electron chi connectivity index (χ1n) is 11.0. The molecule has 2 aromatic carbocycles. The predicted molar refractivity (Wildman–Crippen MR) is 125 cm³/mol. The fourth-order valence-electron chi connectivity index (χ4n) is 3.41. The Bertz CT molecular complexity index is 856. The smallest absolute Gasteiger partial charge is 0.261 e. The largest absolute Gasteiger partial charge is 0.483 e. The molecule has 0 saturated heterocycles. The molecular formula is C26H36N2O3. The Balaban J connectivity index is 2.14. The lowest BCUT2D eigenvalue weighted by Crippen LogP contribution is -2.51. The Hall–Kier alpha value is -2.82. The molecule has 1 N–H and O–H groups in total. The number of nitrogens with zero attached hydrogens (tertiary/aromatic N) is 1. The first kappa shape index (κ1) is 24.4. The van der Waals surface area contributed by atoms with Gasteiger partial charge in [0, 0.05) is 12.6 Å². The van der Waals surface area contributed by atoms with Crippen molar-refractivity contribution in [1.82, 2.24) is 10.2 Å². The maximum Gasteiger partial charge on any atom is 0.261 e. The van der Waals surface area contributed by atoms with Gasteiger partial charge >= 0.3 is 0 Å². The number of para-hydroxylation sites is 1. The van der Waals surface area contributed by atoms with Gasteiger partial charge in [0.1, 0.15) is 11.8 Å². The average molecular weight is 425 g/mol. The third kappa shape index (κ3) is 7.42. The Kier molecular flexibility index (Phi) is 8.66. The van der Waals surface area contributed by atoms with Crippen molar-refractivity contribution in [2.45, 2.75) is 65.5 Å². The monoisotopic (exact) mass is 424 g/mol. The third-order valence-electron chi connectivity index (χ3n) is 5.13. The first-order chi connectivity index (χ1) is 14.6. The molecule has 5 nitrogen and oxygen atoms in total. The highest BCUT2D eigenvalue weighted by Crippen LogP contribution is 2.30. The molecule has 0 unspecified atom stereocenters. The highest BCUT2D eigenvalue weighted by atomic mass is 16.5. The fraction of sp³-hybridized carbons (Fsp3) is 0.462. The summed E-state index contributed by atoms with van der Waals surface area (Å²) in [6.07, 6.45) is 0.671. The van der Waals surface area contributed by atoms with E-state index in [0.29, 0.717) is 18.7 Å². The van der Waals surface area contributed by atoms with Crippen molar-refractivity contribution in [1.29, 1.82) is 0 Å². The Labute approximate surface area is 186 Å². The summed E-state index contributed by atoms with van der Waals surface area (Å²) in [7, 11) is 0. The molecule has 1 atom stereocenters. The number of carbonyl (C=O) groups excluding carboxylic acids is 2. The van der Waals surface area contributed by atoms with Crippen LogP contribution in [0.3, 0.4) is 0 Å². The normalized spacial score (nSPS) is 12.4. The molecule has 0 heterocycles. The molecule has 2 aromatic rings. The molecule has 0 fully saturated rings. The predicted octanol–water partition coefficient (Wildman–Crippen LogP) is 4.35. The van der Waals surface area contributed by atoms with Gasteiger partial charge in [-0.05, 0) is 49.8 Å². The van der Waals surface area contributed by atoms with Crippen molar-refractivity contribution < 1.29 is 14.3 Å². The van der Waals surface area contributed by atoms with Crippen LogP contribution in [0.2, 0.25) is 0 Å². The quantitative estimate of drug-likeness (QED) is 0.651. The van der Waals surface area contributed by atoms with Gasteiger partial charge in [-0.3, -0.25) is 9.59 Å². The van der Waals surface area contributed by atoms with Crippen LogP contribution in [0, 0.1) is 0 Å². The summed E-state index contributed by atoms with van der Waals surface area (Å²) in [5.41, 5.74) is 2.07. The van der Waals surface area contributed by atoms with Crippen LogP contribution >= 0.6 is 0 Å². The number of rotatable bonds is 9. The summed E-state index contributed by atoms with van der Waals surface area (Å²) in [5, 5.41) is 2.91. The number of benzene rings is 2. The topological polar surface area (TPSA) is 58.6 Å². The number of carbonyl (C=O) groups is 2. The molecule has 2 rings (SSSR count). The molecule has 5 heteroatoms. The SMILES string of the molecule is CC(C)NC(=O)[C@@H](C)N(CCc1ccccc1)C(=O)COc1ccccc1C(C)(C)C. The van der Waals surface area contributed by atoms with Gasteiger partial charge in [-0.1, -0.05) is 69.3 Å². The summed E-state index contributed by atoms with van der Waals surface area (Å²) in [4.78, 5) is 27.4. The van der Waals surface area contributed by atoms with E-state index in [2.05, 4.69) is 26.1 Å². The molecule has 0 aromatic heterocycles. The molecular weight excluding hydrogens is 388 g/mol. The van der Waals surface area contributed by atoms with Crippen LogP contribution in [-0.2, 0) is 21.4 Å². The molecule has 0 aliphatic carbocycles. The van der Waals surface area contributed by atoms with Crippen LogP contribution in [0.1, 0.15) is 52.7 Å². The van der Waals surface area contributed by atoms with Crippen molar-refractivity contribution in [3.8, 4) is 5.75 Å². The molecule has 0 aliphatic rings. The standard InChI is InChI=1S/C26H36N2O3/c1-19(2)27-25(30)20(3)28(17-16-21-12-8-7-9-13-21)24(29)18-31-23-15-11-10-14-22(23)26(4,5)6/h7-15,19-20H,16-18H2,1-6H3,(H,27,30)/t20-/m1/s1. The van der Waals surface area contributed by atoms with Crippen molar-refractivity contribution in [2.24, 2.45) is 0 Å². The summed E-state index contributed by atoms with van der Waals surface area (Å²) < 4.78 is 5.95. The lowest BCUT2D eigenvalue weighted by Gasteiger charge is -2.30. The highest BCUT2D eigenvalue weighted by Gasteiger charge is 2.27. The number of ether oxygens (including phenoxy) is 1. The van der Waals surface area contributed by atoms with Crippen LogP contribution in [-0.4, -0.2) is 41.9 Å². The van der Waals surface area contributed by atoms with E-state index in [9.17, 15) is 9.59 Å². The van der Waals surface area contributed by atoms with Crippen LogP contribution in [0.25, 0.3) is 0 Å². The van der Waals surface area contributed by atoms with Gasteiger partial charge in [0.25, 0.3) is 5.91 Å². The molecule has 168 valence electrons. The van der Waals surface area contributed by atoms with E-state index in [1.54, 1.807) is 11.8 Å². The van der Waals surface area contributed by atoms with Crippen LogP contribution in [0.5, 0.6) is 5.75 Å². The number of hydrogen-bond acceptors (Lipinski definition) is 3. The molecule has 0 saturated carbocycles. The first-order valence-corrected chi connectivity index (χ1v) is 11.0. The van der Waals surface area contributed by atoms with Crippen LogP contribution in [0.15, 0.2) is 54.6 Å². The Morgan fingerprint density at radius 3 is 2.19 bits per heavy atom. The fourth-order valence-corrected chi connectivity index (χ4v) is 3.41. The zero-order valence-electron chi connectivity index (χ0n) is 19.6. The molecule has 0 aliphatic heterocycles. The minimum absolute atomic E-state index is 0.0101. The van der Waals surface area contributed by atoms with Crippen LogP contribution < -0.4 is 10.1 Å². The molecule has 0 spiro atoms. The van der Waals surface area contributed by atoms with Crippen molar-refractivity contribution >= 4 is 11.8 Å². The lowest BCUT2D eigenvalue weighted by molar-refractivity contribution is -0.141. The number of amides is 2. The summed E-state index contributed by atoms with van der Waals surface area (Å²) in [5.74, 6) is 0.336. The average Bonchev–Trinajstić information content (AvgIpc) is 2.72. The Morgan fingerprint density at radius 1 is 0.968 bits per heavy atom. The minimum Gasteiger partial charge on any atom is -0.483 e. The zero-order chi connectivity index (χ0) is 23.0. The second-order valence-electron chi connectivity index (χ2n) is 9.20. The van der Waals surface area contributed by atoms with E-state index in [1.165, 1.54) is 0 Å². The lowest BCUT2D eigenvalue weighted by atomic mass is 9.86. The number of hydrogen-bond donors (Lipinski definition) is 1. The van der Waals surface area contributed by atoms with Gasteiger partial charge < -0.3 is 15.0 Å². The third-order valence-corrected chi connectivity index (χ3v) is 5.13. The van der Waals surface area contributed by atoms with Gasteiger partial charge in [0.2, 0.25) is 5.91 Å². The van der Waals surface area contributed by atoms with Gasteiger partial charge in [-0.15, -0.1) is 0 Å². The summed E-state index contributed by atoms with van der Waals surface area (Å²) in [6.45, 7) is 12.3. The van der Waals surface area contributed by atoms with Crippen molar-refractivity contribution in [3.63, 3.8) is 0 Å². The van der Waals surface area contributed by atoms with Gasteiger partial charge in [-0.2, -0.15) is 0 Å². The molecule has 31 heavy (non-hydrogen) atoms.